The van der Waals surface area contributed by atoms with Gasteiger partial charge in [-0.2, -0.15) is 0 Å². The van der Waals surface area contributed by atoms with E-state index in [1.165, 1.54) is 4.90 Å². The van der Waals surface area contributed by atoms with E-state index in [1.807, 2.05) is 0 Å². The van der Waals surface area contributed by atoms with Crippen LogP contribution < -0.4 is 0 Å². The highest BCUT2D eigenvalue weighted by atomic mass is 79.9. The summed E-state index contributed by atoms with van der Waals surface area (Å²) in [6, 6.07) is 4.96. The van der Waals surface area contributed by atoms with E-state index in [2.05, 4.69) is 22.9 Å². The predicted molar refractivity (Wildman–Crippen MR) is 78.2 cm³/mol. The van der Waals surface area contributed by atoms with Crippen LogP contribution in [0.1, 0.15) is 36.5 Å². The molecule has 1 saturated heterocycles. The molecule has 1 unspecified atom stereocenters. The molecule has 1 fully saturated rings. The van der Waals surface area contributed by atoms with Crippen molar-refractivity contribution in [3.8, 4) is 0 Å². The zero-order valence-electron chi connectivity index (χ0n) is 10.7. The van der Waals surface area contributed by atoms with E-state index in [0.29, 0.717) is 33.9 Å². The minimum Gasteiger partial charge on any atom is -0.278 e. The average molecular weight is 345 g/mol. The van der Waals surface area contributed by atoms with Gasteiger partial charge in [-0.15, -0.1) is 0 Å². The minimum absolute atomic E-state index is 0.0745. The lowest BCUT2D eigenvalue weighted by molar-refractivity contribution is -0.125. The molecule has 0 spiro atoms. The maximum Gasteiger partial charge on any atom is 0.260 e. The zero-order valence-corrected chi connectivity index (χ0v) is 13.0. The van der Waals surface area contributed by atoms with Crippen molar-refractivity contribution in [1.82, 2.24) is 4.90 Å². The first kappa shape index (κ1) is 14.5. The predicted octanol–water partition coefficient (Wildman–Crippen LogP) is 3.89. The van der Waals surface area contributed by atoms with Crippen molar-refractivity contribution in [2.75, 3.05) is 6.54 Å². The number of hydrogen-bond donors (Lipinski definition) is 0. The van der Waals surface area contributed by atoms with Crippen molar-refractivity contribution in [3.05, 3.63) is 33.3 Å². The van der Waals surface area contributed by atoms with Gasteiger partial charge in [0.05, 0.1) is 5.02 Å². The lowest BCUT2D eigenvalue weighted by Crippen LogP contribution is -2.32. The molecule has 0 saturated carbocycles. The number of carbonyl (C=O) groups excluding carboxylic acids is 2. The molecule has 3 nitrogen and oxygen atoms in total. The number of benzene rings is 1. The summed E-state index contributed by atoms with van der Waals surface area (Å²) in [6.07, 6.45) is 2.50. The first-order valence-electron chi connectivity index (χ1n) is 6.32. The van der Waals surface area contributed by atoms with Crippen LogP contribution in [-0.4, -0.2) is 23.3 Å². The van der Waals surface area contributed by atoms with E-state index >= 15 is 0 Å². The van der Waals surface area contributed by atoms with E-state index in [0.717, 1.165) is 12.8 Å². The number of carbonyl (C=O) groups is 2. The van der Waals surface area contributed by atoms with Gasteiger partial charge < -0.3 is 0 Å². The molecule has 5 heteroatoms. The standard InChI is InChI=1S/C14H15BrClNO2/c1-2-3-9-6-13(18)17(8-9)14(19)10-4-5-12(16)11(15)7-10/h4-5,7,9H,2-3,6,8H2,1H3. The second-order valence-corrected chi connectivity index (χ2v) is 6.06. The Morgan fingerprint density at radius 1 is 1.53 bits per heavy atom. The molecule has 19 heavy (non-hydrogen) atoms. The smallest absolute Gasteiger partial charge is 0.260 e. The van der Waals surface area contributed by atoms with Crippen LogP contribution in [0.4, 0.5) is 0 Å². The number of rotatable bonds is 3. The molecule has 0 N–H and O–H groups in total. The molecule has 1 aromatic rings. The Bertz CT molecular complexity index is 518. The van der Waals surface area contributed by atoms with Crippen LogP contribution in [0.15, 0.2) is 22.7 Å². The minimum atomic E-state index is -0.235. The molecule has 102 valence electrons. The van der Waals surface area contributed by atoms with Crippen molar-refractivity contribution in [3.63, 3.8) is 0 Å². The highest BCUT2D eigenvalue weighted by Crippen LogP contribution is 2.27. The Morgan fingerprint density at radius 2 is 2.26 bits per heavy atom. The molecule has 1 atom stereocenters. The third kappa shape index (κ3) is 3.18. The molecule has 1 heterocycles. The number of amides is 2. The summed E-state index contributed by atoms with van der Waals surface area (Å²) in [5, 5.41) is 0.549. The molecule has 0 aliphatic carbocycles. The summed E-state index contributed by atoms with van der Waals surface area (Å²) in [4.78, 5) is 25.6. The van der Waals surface area contributed by atoms with E-state index in [9.17, 15) is 9.59 Å². The second kappa shape index (κ2) is 6.06. The fourth-order valence-corrected chi connectivity index (χ4v) is 2.86. The number of nitrogens with zero attached hydrogens (tertiary/aromatic N) is 1. The second-order valence-electron chi connectivity index (χ2n) is 4.80. The maximum absolute atomic E-state index is 12.3. The van der Waals surface area contributed by atoms with Crippen LogP contribution in [0.3, 0.4) is 0 Å². The summed E-state index contributed by atoms with van der Waals surface area (Å²) in [7, 11) is 0. The van der Waals surface area contributed by atoms with Crippen molar-refractivity contribution < 1.29 is 9.59 Å². The van der Waals surface area contributed by atoms with Crippen LogP contribution >= 0.6 is 27.5 Å². The molecular weight excluding hydrogens is 330 g/mol. The van der Waals surface area contributed by atoms with Crippen LogP contribution in [0, 0.1) is 5.92 Å². The van der Waals surface area contributed by atoms with Crippen LogP contribution in [0.5, 0.6) is 0 Å². The Kier molecular flexibility index (Phi) is 4.63. The Hall–Kier alpha value is -0.870. The quantitative estimate of drug-likeness (QED) is 0.780. The highest BCUT2D eigenvalue weighted by Gasteiger charge is 2.33. The number of hydrogen-bond acceptors (Lipinski definition) is 2. The fraction of sp³-hybridized carbons (Fsp3) is 0.429. The van der Waals surface area contributed by atoms with Gasteiger partial charge in [-0.1, -0.05) is 24.9 Å². The molecule has 0 bridgehead atoms. The average Bonchev–Trinajstić information content (AvgIpc) is 2.73. The summed E-state index contributed by atoms with van der Waals surface area (Å²) in [6.45, 7) is 2.62. The van der Waals surface area contributed by atoms with Gasteiger partial charge in [0.25, 0.3) is 5.91 Å². The molecule has 1 aliphatic rings. The summed E-state index contributed by atoms with van der Waals surface area (Å²) >= 11 is 9.19. The van der Waals surface area contributed by atoms with Gasteiger partial charge in [0.1, 0.15) is 0 Å². The lowest BCUT2D eigenvalue weighted by atomic mass is 10.0. The number of likely N-dealkylation sites (tertiary alicyclic amines) is 1. The normalized spacial score (nSPS) is 19.0. The van der Waals surface area contributed by atoms with Crippen molar-refractivity contribution >= 4 is 39.3 Å². The Labute approximate surface area is 126 Å². The van der Waals surface area contributed by atoms with Gasteiger partial charge in [0, 0.05) is 23.0 Å². The van der Waals surface area contributed by atoms with Gasteiger partial charge in [-0.05, 0) is 46.5 Å². The highest BCUT2D eigenvalue weighted by molar-refractivity contribution is 9.10. The molecular formula is C14H15BrClNO2. The Balaban J connectivity index is 2.15. The number of imide groups is 1. The molecule has 2 rings (SSSR count). The largest absolute Gasteiger partial charge is 0.278 e. The topological polar surface area (TPSA) is 37.4 Å². The summed E-state index contributed by atoms with van der Waals surface area (Å²) in [5.41, 5.74) is 0.488. The van der Waals surface area contributed by atoms with Crippen molar-refractivity contribution in [2.24, 2.45) is 5.92 Å². The third-order valence-corrected chi connectivity index (χ3v) is 4.53. The third-order valence-electron chi connectivity index (χ3n) is 3.31. The Morgan fingerprint density at radius 3 is 2.89 bits per heavy atom. The zero-order chi connectivity index (χ0) is 14.0. The van der Waals surface area contributed by atoms with Gasteiger partial charge in [0.15, 0.2) is 0 Å². The maximum atomic E-state index is 12.3. The van der Waals surface area contributed by atoms with Gasteiger partial charge >= 0.3 is 0 Å². The first-order chi connectivity index (χ1) is 9.02. The van der Waals surface area contributed by atoms with Gasteiger partial charge in [0.2, 0.25) is 5.91 Å². The van der Waals surface area contributed by atoms with E-state index in [-0.39, 0.29) is 11.8 Å². The van der Waals surface area contributed by atoms with Gasteiger partial charge in [-0.3, -0.25) is 14.5 Å². The summed E-state index contributed by atoms with van der Waals surface area (Å²) < 4.78 is 0.664. The summed E-state index contributed by atoms with van der Waals surface area (Å²) in [5.74, 6) is -0.00677. The molecule has 1 aliphatic heterocycles. The monoisotopic (exact) mass is 343 g/mol. The SMILES string of the molecule is CCCC1CC(=O)N(C(=O)c2ccc(Cl)c(Br)c2)C1. The van der Waals surface area contributed by atoms with Crippen LogP contribution in [0.25, 0.3) is 0 Å². The van der Waals surface area contributed by atoms with Crippen LogP contribution in [0.2, 0.25) is 5.02 Å². The fourth-order valence-electron chi connectivity index (χ4n) is 2.36. The molecule has 1 aromatic carbocycles. The van der Waals surface area contributed by atoms with Crippen molar-refractivity contribution in [1.29, 1.82) is 0 Å². The van der Waals surface area contributed by atoms with Crippen molar-refractivity contribution in [2.45, 2.75) is 26.2 Å². The lowest BCUT2D eigenvalue weighted by Gasteiger charge is -2.15. The molecule has 0 radical (unpaired) electrons. The molecule has 0 aromatic heterocycles. The van der Waals surface area contributed by atoms with E-state index in [1.54, 1.807) is 18.2 Å². The van der Waals surface area contributed by atoms with E-state index in [4.69, 9.17) is 11.6 Å². The van der Waals surface area contributed by atoms with E-state index < -0.39 is 0 Å². The van der Waals surface area contributed by atoms with Gasteiger partial charge in [-0.25, -0.2) is 0 Å². The first-order valence-corrected chi connectivity index (χ1v) is 7.49. The molecule has 2 amide bonds. The van der Waals surface area contributed by atoms with Crippen LogP contribution in [-0.2, 0) is 4.79 Å². The number of halogens is 2.